The average molecular weight is 272 g/mol. The first-order valence-corrected chi connectivity index (χ1v) is 7.25. The van der Waals surface area contributed by atoms with E-state index >= 15 is 0 Å². The molecular weight excluding hydrogens is 244 g/mol. The van der Waals surface area contributed by atoms with Crippen molar-refractivity contribution in [3.8, 4) is 0 Å². The number of hydrogen-bond donors (Lipinski definition) is 1. The van der Waals surface area contributed by atoms with Crippen LogP contribution in [0.25, 0.3) is 0 Å². The Hall–Kier alpha value is -0.650. The molecule has 1 fully saturated rings. The fourth-order valence-electron chi connectivity index (χ4n) is 2.45. The van der Waals surface area contributed by atoms with Crippen LogP contribution in [0, 0.1) is 0 Å². The van der Waals surface area contributed by atoms with Crippen molar-refractivity contribution in [2.45, 2.75) is 45.3 Å². The van der Waals surface area contributed by atoms with Crippen molar-refractivity contribution >= 4 is 5.97 Å². The molecule has 0 saturated carbocycles. The fourth-order valence-corrected chi connectivity index (χ4v) is 2.45. The van der Waals surface area contributed by atoms with Gasteiger partial charge in [-0.3, -0.25) is 4.79 Å². The number of nitrogens with zero attached hydrogens (tertiary/aromatic N) is 1. The zero-order valence-electron chi connectivity index (χ0n) is 12.7. The SMILES string of the molecule is CCOC(=O)C(C)(CN1CCC(OCC)CC1)NC. The van der Waals surface area contributed by atoms with Gasteiger partial charge in [-0.1, -0.05) is 0 Å². The van der Waals surface area contributed by atoms with E-state index < -0.39 is 5.54 Å². The van der Waals surface area contributed by atoms with Crippen molar-refractivity contribution in [2.24, 2.45) is 0 Å². The smallest absolute Gasteiger partial charge is 0.327 e. The van der Waals surface area contributed by atoms with Crippen LogP contribution < -0.4 is 5.32 Å². The van der Waals surface area contributed by atoms with Gasteiger partial charge in [-0.2, -0.15) is 0 Å². The maximum Gasteiger partial charge on any atom is 0.327 e. The van der Waals surface area contributed by atoms with E-state index in [1.54, 1.807) is 0 Å². The molecule has 0 aromatic carbocycles. The number of esters is 1. The molecule has 0 radical (unpaired) electrons. The molecule has 1 atom stereocenters. The first-order chi connectivity index (χ1) is 9.05. The van der Waals surface area contributed by atoms with Crippen molar-refractivity contribution in [1.82, 2.24) is 10.2 Å². The zero-order valence-corrected chi connectivity index (χ0v) is 12.7. The van der Waals surface area contributed by atoms with E-state index in [0.29, 0.717) is 19.3 Å². The normalized spacial score (nSPS) is 21.1. The second-order valence-corrected chi connectivity index (χ2v) is 5.23. The third kappa shape index (κ3) is 4.75. The van der Waals surface area contributed by atoms with Gasteiger partial charge in [-0.05, 0) is 40.7 Å². The van der Waals surface area contributed by atoms with Crippen LogP contribution in [0.2, 0.25) is 0 Å². The molecule has 1 rings (SSSR count). The number of carbonyl (C=O) groups excluding carboxylic acids is 1. The Morgan fingerprint density at radius 3 is 2.42 bits per heavy atom. The number of hydrogen-bond acceptors (Lipinski definition) is 5. The van der Waals surface area contributed by atoms with E-state index in [2.05, 4.69) is 10.2 Å². The number of likely N-dealkylation sites (tertiary alicyclic amines) is 1. The van der Waals surface area contributed by atoms with Gasteiger partial charge < -0.3 is 19.7 Å². The Morgan fingerprint density at radius 1 is 1.32 bits per heavy atom. The van der Waals surface area contributed by atoms with Gasteiger partial charge in [0.15, 0.2) is 0 Å². The average Bonchev–Trinajstić information content (AvgIpc) is 2.41. The molecule has 5 heteroatoms. The third-order valence-electron chi connectivity index (χ3n) is 3.75. The molecule has 1 unspecified atom stereocenters. The summed E-state index contributed by atoms with van der Waals surface area (Å²) in [5, 5.41) is 3.10. The lowest BCUT2D eigenvalue weighted by Gasteiger charge is -2.37. The fraction of sp³-hybridized carbons (Fsp3) is 0.929. The summed E-state index contributed by atoms with van der Waals surface area (Å²) in [6.45, 7) is 9.60. The molecule has 0 amide bonds. The molecule has 19 heavy (non-hydrogen) atoms. The van der Waals surface area contributed by atoms with E-state index in [-0.39, 0.29) is 5.97 Å². The maximum absolute atomic E-state index is 12.0. The van der Waals surface area contributed by atoms with E-state index in [0.717, 1.165) is 32.5 Å². The molecule has 0 aromatic heterocycles. The minimum Gasteiger partial charge on any atom is -0.465 e. The van der Waals surface area contributed by atoms with Gasteiger partial charge in [-0.25, -0.2) is 0 Å². The summed E-state index contributed by atoms with van der Waals surface area (Å²) in [4.78, 5) is 14.3. The molecule has 1 aliphatic heterocycles. The lowest BCUT2D eigenvalue weighted by atomic mass is 9.99. The molecular formula is C14H28N2O3. The standard InChI is InChI=1S/C14H28N2O3/c1-5-18-12-7-9-16(10-8-12)11-14(3,15-4)13(17)19-6-2/h12,15H,5-11H2,1-4H3. The second kappa shape index (κ2) is 7.82. The van der Waals surface area contributed by atoms with Crippen molar-refractivity contribution in [1.29, 1.82) is 0 Å². The summed E-state index contributed by atoms with van der Waals surface area (Å²) in [5.74, 6) is -0.176. The lowest BCUT2D eigenvalue weighted by Crippen LogP contribution is -2.57. The number of likely N-dealkylation sites (N-methyl/N-ethyl adjacent to an activating group) is 1. The Labute approximate surface area is 116 Å². The highest BCUT2D eigenvalue weighted by molar-refractivity contribution is 5.80. The number of carbonyl (C=O) groups is 1. The van der Waals surface area contributed by atoms with Crippen LogP contribution in [0.5, 0.6) is 0 Å². The summed E-state index contributed by atoms with van der Waals surface area (Å²) < 4.78 is 10.8. The van der Waals surface area contributed by atoms with E-state index in [9.17, 15) is 4.79 Å². The van der Waals surface area contributed by atoms with Crippen molar-refractivity contribution in [3.05, 3.63) is 0 Å². The van der Waals surface area contributed by atoms with Crippen LogP contribution in [0.4, 0.5) is 0 Å². The van der Waals surface area contributed by atoms with Crippen molar-refractivity contribution in [2.75, 3.05) is 39.9 Å². The molecule has 1 saturated heterocycles. The summed E-state index contributed by atoms with van der Waals surface area (Å²) in [5.41, 5.74) is -0.630. The Balaban J connectivity index is 2.47. The quantitative estimate of drug-likeness (QED) is 0.702. The predicted octanol–water partition coefficient (Wildman–Crippen LogP) is 1.03. The van der Waals surface area contributed by atoms with Gasteiger partial charge in [0.1, 0.15) is 5.54 Å². The van der Waals surface area contributed by atoms with Crippen LogP contribution in [0.15, 0.2) is 0 Å². The highest BCUT2D eigenvalue weighted by atomic mass is 16.5. The number of rotatable bonds is 7. The van der Waals surface area contributed by atoms with E-state index in [1.165, 1.54) is 0 Å². The van der Waals surface area contributed by atoms with Crippen LogP contribution >= 0.6 is 0 Å². The topological polar surface area (TPSA) is 50.8 Å². The summed E-state index contributed by atoms with van der Waals surface area (Å²) in [6, 6.07) is 0. The Morgan fingerprint density at radius 2 is 1.95 bits per heavy atom. The summed E-state index contributed by atoms with van der Waals surface area (Å²) in [7, 11) is 1.81. The number of nitrogens with one attached hydrogen (secondary N) is 1. The first-order valence-electron chi connectivity index (χ1n) is 7.25. The van der Waals surface area contributed by atoms with Crippen LogP contribution in [-0.2, 0) is 14.3 Å². The number of ether oxygens (including phenoxy) is 2. The minimum absolute atomic E-state index is 0.176. The van der Waals surface area contributed by atoms with Gasteiger partial charge in [-0.15, -0.1) is 0 Å². The lowest BCUT2D eigenvalue weighted by molar-refractivity contribution is -0.151. The Kier molecular flexibility index (Phi) is 6.75. The van der Waals surface area contributed by atoms with Crippen molar-refractivity contribution < 1.29 is 14.3 Å². The highest BCUT2D eigenvalue weighted by Gasteiger charge is 2.36. The molecule has 0 spiro atoms. The summed E-state index contributed by atoms with van der Waals surface area (Å²) in [6.07, 6.45) is 2.46. The molecule has 0 aliphatic carbocycles. The second-order valence-electron chi connectivity index (χ2n) is 5.23. The van der Waals surface area contributed by atoms with Gasteiger partial charge >= 0.3 is 5.97 Å². The highest BCUT2D eigenvalue weighted by Crippen LogP contribution is 2.17. The molecule has 1 heterocycles. The molecule has 1 aliphatic rings. The van der Waals surface area contributed by atoms with Gasteiger partial charge in [0.2, 0.25) is 0 Å². The zero-order chi connectivity index (χ0) is 14.3. The van der Waals surface area contributed by atoms with E-state index in [4.69, 9.17) is 9.47 Å². The van der Waals surface area contributed by atoms with Gasteiger partial charge in [0, 0.05) is 26.2 Å². The van der Waals surface area contributed by atoms with Gasteiger partial charge in [0.25, 0.3) is 0 Å². The Bertz CT molecular complexity index is 278. The minimum atomic E-state index is -0.630. The molecule has 112 valence electrons. The van der Waals surface area contributed by atoms with Crippen LogP contribution in [-0.4, -0.2) is 62.4 Å². The van der Waals surface area contributed by atoms with Crippen molar-refractivity contribution in [3.63, 3.8) is 0 Å². The third-order valence-corrected chi connectivity index (χ3v) is 3.75. The monoisotopic (exact) mass is 272 g/mol. The molecule has 0 bridgehead atoms. The van der Waals surface area contributed by atoms with E-state index in [1.807, 2.05) is 27.8 Å². The first kappa shape index (κ1) is 16.4. The predicted molar refractivity (Wildman–Crippen MR) is 75.2 cm³/mol. The van der Waals surface area contributed by atoms with Gasteiger partial charge in [0.05, 0.1) is 12.7 Å². The van der Waals surface area contributed by atoms with Crippen LogP contribution in [0.1, 0.15) is 33.6 Å². The maximum atomic E-state index is 12.0. The molecule has 5 nitrogen and oxygen atoms in total. The molecule has 1 N–H and O–H groups in total. The summed E-state index contributed by atoms with van der Waals surface area (Å²) >= 11 is 0. The largest absolute Gasteiger partial charge is 0.465 e. The number of piperidine rings is 1. The van der Waals surface area contributed by atoms with Crippen LogP contribution in [0.3, 0.4) is 0 Å². The molecule has 0 aromatic rings.